The molecule has 96 valence electrons. The fourth-order valence-electron chi connectivity index (χ4n) is 0.658. The van der Waals surface area contributed by atoms with Gasteiger partial charge in [0.2, 0.25) is 0 Å². The van der Waals surface area contributed by atoms with Gasteiger partial charge in [0.05, 0.1) is 0 Å². The van der Waals surface area contributed by atoms with Crippen molar-refractivity contribution in [2.75, 3.05) is 0 Å². The van der Waals surface area contributed by atoms with E-state index in [0.717, 1.165) is 11.4 Å². The molecule has 0 saturated carbocycles. The third-order valence-electron chi connectivity index (χ3n) is 1.59. The second-order valence-corrected chi connectivity index (χ2v) is 2.88. The molecule has 2 heteroatoms. The zero-order valence-electron chi connectivity index (χ0n) is 12.7. The highest BCUT2D eigenvalue weighted by atomic mass is 14.8. The van der Waals surface area contributed by atoms with Crippen molar-refractivity contribution in [2.24, 2.45) is 0 Å². The monoisotopic (exact) mass is 226 g/mol. The zero-order chi connectivity index (χ0) is 13.6. The molecule has 0 saturated heterocycles. The lowest BCUT2D eigenvalue weighted by Gasteiger charge is -1.98. The Labute approximate surface area is 103 Å². The topological polar surface area (TPSA) is 25.8 Å². The summed E-state index contributed by atoms with van der Waals surface area (Å²) in [5.74, 6) is 0. The fourth-order valence-corrected chi connectivity index (χ4v) is 0.658. The third kappa shape index (κ3) is 11.2. The fraction of sp³-hybridized carbons (Fsp3) is 0.714. The summed E-state index contributed by atoms with van der Waals surface area (Å²) in [5.41, 5.74) is 3.34. The van der Waals surface area contributed by atoms with Crippen molar-refractivity contribution in [1.29, 1.82) is 0 Å². The van der Waals surface area contributed by atoms with Gasteiger partial charge in [-0.05, 0) is 26.3 Å². The minimum absolute atomic E-state index is 1.07. The van der Waals surface area contributed by atoms with Crippen LogP contribution in [0.1, 0.15) is 64.9 Å². The molecule has 16 heavy (non-hydrogen) atoms. The molecule has 0 radical (unpaired) electrons. The molecule has 0 aliphatic carbocycles. The second kappa shape index (κ2) is 16.5. The predicted octanol–water partition coefficient (Wildman–Crippen LogP) is 4.87. The molecular weight excluding hydrogens is 196 g/mol. The number of aromatic nitrogens is 2. The summed E-state index contributed by atoms with van der Waals surface area (Å²) < 4.78 is 0. The highest BCUT2D eigenvalue weighted by molar-refractivity contribution is 5.19. The van der Waals surface area contributed by atoms with Crippen LogP contribution in [0.2, 0.25) is 0 Å². The lowest BCUT2D eigenvalue weighted by molar-refractivity contribution is 1.01. The van der Waals surface area contributed by atoms with Crippen LogP contribution in [0.3, 0.4) is 0 Å². The maximum Gasteiger partial charge on any atom is 0.115 e. The average Bonchev–Trinajstić information content (AvgIpc) is 2.32. The van der Waals surface area contributed by atoms with Crippen molar-refractivity contribution in [3.63, 3.8) is 0 Å². The summed E-state index contributed by atoms with van der Waals surface area (Å²) in [5, 5.41) is 0. The minimum Gasteiger partial charge on any atom is -0.241 e. The van der Waals surface area contributed by atoms with Crippen LogP contribution in [0.25, 0.3) is 0 Å². The molecular formula is C14H30N2. The molecule has 1 heterocycles. The molecule has 0 bridgehead atoms. The van der Waals surface area contributed by atoms with Crippen LogP contribution >= 0.6 is 0 Å². The number of aryl methyl sites for hydroxylation is 2. The van der Waals surface area contributed by atoms with Gasteiger partial charge in [-0.15, -0.1) is 0 Å². The SMILES string of the molecule is CC.CC.CCC.Cc1ncnc(C)c1C. The summed E-state index contributed by atoms with van der Waals surface area (Å²) in [6.07, 6.45) is 2.84. The molecule has 0 aromatic carbocycles. The van der Waals surface area contributed by atoms with E-state index in [2.05, 4.69) is 23.8 Å². The largest absolute Gasteiger partial charge is 0.241 e. The maximum atomic E-state index is 4.03. The molecule has 0 aliphatic rings. The van der Waals surface area contributed by atoms with E-state index in [1.54, 1.807) is 6.33 Å². The highest BCUT2D eigenvalue weighted by Crippen LogP contribution is 2.03. The smallest absolute Gasteiger partial charge is 0.115 e. The Morgan fingerprint density at radius 3 is 1.25 bits per heavy atom. The highest BCUT2D eigenvalue weighted by Gasteiger charge is 1.94. The zero-order valence-corrected chi connectivity index (χ0v) is 12.7. The van der Waals surface area contributed by atoms with E-state index in [9.17, 15) is 0 Å². The lowest BCUT2D eigenvalue weighted by atomic mass is 10.2. The maximum absolute atomic E-state index is 4.03. The van der Waals surface area contributed by atoms with Gasteiger partial charge in [0, 0.05) is 11.4 Å². The number of hydrogen-bond acceptors (Lipinski definition) is 2. The summed E-state index contributed by atoms with van der Waals surface area (Å²) in [7, 11) is 0. The van der Waals surface area contributed by atoms with Gasteiger partial charge in [-0.2, -0.15) is 0 Å². The summed E-state index contributed by atoms with van der Waals surface area (Å²) in [4.78, 5) is 8.06. The summed E-state index contributed by atoms with van der Waals surface area (Å²) >= 11 is 0. The lowest BCUT2D eigenvalue weighted by Crippen LogP contribution is -1.92. The van der Waals surface area contributed by atoms with Crippen LogP contribution in [0, 0.1) is 20.8 Å². The van der Waals surface area contributed by atoms with Crippen molar-refractivity contribution in [1.82, 2.24) is 9.97 Å². The molecule has 0 N–H and O–H groups in total. The van der Waals surface area contributed by atoms with Gasteiger partial charge in [0.15, 0.2) is 0 Å². The van der Waals surface area contributed by atoms with Crippen LogP contribution in [-0.2, 0) is 0 Å². The Kier molecular flexibility index (Phi) is 21.1. The van der Waals surface area contributed by atoms with E-state index in [4.69, 9.17) is 0 Å². The van der Waals surface area contributed by atoms with E-state index in [1.807, 2.05) is 48.5 Å². The molecule has 1 rings (SSSR count). The summed E-state index contributed by atoms with van der Waals surface area (Å²) in [6.45, 7) is 18.3. The Hall–Kier alpha value is -0.920. The standard InChI is InChI=1S/C7H10N2.C3H8.2C2H6/c1-5-6(2)8-4-9-7(5)3;1-3-2;2*1-2/h4H,1-3H3;3H2,1-2H3;2*1-2H3. The van der Waals surface area contributed by atoms with Crippen molar-refractivity contribution < 1.29 is 0 Å². The quantitative estimate of drug-likeness (QED) is 0.630. The van der Waals surface area contributed by atoms with Crippen LogP contribution < -0.4 is 0 Å². The Morgan fingerprint density at radius 1 is 0.812 bits per heavy atom. The Bertz CT molecular complexity index is 212. The first kappa shape index (κ1) is 20.5. The van der Waals surface area contributed by atoms with Crippen molar-refractivity contribution in [3.8, 4) is 0 Å². The van der Waals surface area contributed by atoms with Crippen LogP contribution in [0.4, 0.5) is 0 Å². The normalized spacial score (nSPS) is 7.31. The molecule has 0 fully saturated rings. The number of nitrogens with zero attached hydrogens (tertiary/aromatic N) is 2. The molecule has 0 atom stereocenters. The van der Waals surface area contributed by atoms with Gasteiger partial charge in [0.25, 0.3) is 0 Å². The third-order valence-corrected chi connectivity index (χ3v) is 1.59. The van der Waals surface area contributed by atoms with Gasteiger partial charge >= 0.3 is 0 Å². The van der Waals surface area contributed by atoms with Gasteiger partial charge in [-0.3, -0.25) is 0 Å². The van der Waals surface area contributed by atoms with Crippen molar-refractivity contribution >= 4 is 0 Å². The molecule has 0 aliphatic heterocycles. The Morgan fingerprint density at radius 2 is 1.06 bits per heavy atom. The van der Waals surface area contributed by atoms with E-state index in [0.29, 0.717) is 0 Å². The van der Waals surface area contributed by atoms with Crippen LogP contribution in [0.5, 0.6) is 0 Å². The molecule has 1 aromatic heterocycles. The van der Waals surface area contributed by atoms with E-state index < -0.39 is 0 Å². The van der Waals surface area contributed by atoms with Crippen molar-refractivity contribution in [2.45, 2.75) is 68.7 Å². The average molecular weight is 226 g/mol. The molecule has 1 aromatic rings. The molecule has 0 spiro atoms. The molecule has 0 amide bonds. The summed E-state index contributed by atoms with van der Waals surface area (Å²) in [6, 6.07) is 0. The van der Waals surface area contributed by atoms with Crippen molar-refractivity contribution in [3.05, 3.63) is 23.3 Å². The van der Waals surface area contributed by atoms with Gasteiger partial charge in [-0.1, -0.05) is 48.0 Å². The van der Waals surface area contributed by atoms with Gasteiger partial charge < -0.3 is 0 Å². The van der Waals surface area contributed by atoms with E-state index in [1.165, 1.54) is 12.0 Å². The first-order chi connectivity index (χ1) is 7.63. The molecule has 2 nitrogen and oxygen atoms in total. The molecule has 0 unspecified atom stereocenters. The minimum atomic E-state index is 1.07. The first-order valence-corrected chi connectivity index (χ1v) is 6.38. The van der Waals surface area contributed by atoms with Gasteiger partial charge in [0.1, 0.15) is 6.33 Å². The first-order valence-electron chi connectivity index (χ1n) is 6.38. The second-order valence-electron chi connectivity index (χ2n) is 2.88. The number of hydrogen-bond donors (Lipinski definition) is 0. The number of rotatable bonds is 0. The Balaban J connectivity index is -0.000000206. The predicted molar refractivity (Wildman–Crippen MR) is 74.9 cm³/mol. The van der Waals surface area contributed by atoms with Gasteiger partial charge in [-0.25, -0.2) is 9.97 Å². The van der Waals surface area contributed by atoms with Crippen LogP contribution in [-0.4, -0.2) is 9.97 Å². The van der Waals surface area contributed by atoms with E-state index in [-0.39, 0.29) is 0 Å². The van der Waals surface area contributed by atoms with E-state index >= 15 is 0 Å². The van der Waals surface area contributed by atoms with Crippen LogP contribution in [0.15, 0.2) is 6.33 Å².